The quantitative estimate of drug-likeness (QED) is 0.345. The third-order valence-electron chi connectivity index (χ3n) is 0.250. The maximum Gasteiger partial charge on any atom is 0.149 e. The number of rotatable bonds is 2. The molecule has 5 heavy (non-hydrogen) atoms. The molecule has 0 amide bonds. The highest BCUT2D eigenvalue weighted by Gasteiger charge is 1.63. The van der Waals surface area contributed by atoms with Crippen molar-refractivity contribution in [3.63, 3.8) is 0 Å². The van der Waals surface area contributed by atoms with E-state index in [1.165, 1.54) is 0 Å². The Morgan fingerprint density at radius 3 is 1.60 bits per heavy atom. The van der Waals surface area contributed by atoms with E-state index in [0.29, 0.717) is 0 Å². The lowest BCUT2D eigenvalue weighted by atomic mass is 10.8. The molecule has 2 atom stereocenters. The summed E-state index contributed by atoms with van der Waals surface area (Å²) in [7, 11) is 6.11. The second-order valence-corrected chi connectivity index (χ2v) is 2.62. The molecule has 0 fully saturated rings. The summed E-state index contributed by atoms with van der Waals surface area (Å²) in [5, 5.41) is 0. The topological polar surface area (TPSA) is 12.0 Å². The zero-order valence-electron chi connectivity index (χ0n) is 3.50. The van der Waals surface area contributed by atoms with Crippen LogP contribution in [0.25, 0.3) is 0 Å². The number of hydrogen-bond acceptors (Lipinski definition) is 1. The minimum absolute atomic E-state index is 0.920. The molecule has 0 bridgehead atoms. The van der Waals surface area contributed by atoms with E-state index in [1.54, 1.807) is 0 Å². The van der Waals surface area contributed by atoms with Crippen LogP contribution in [-0.2, 0) is 0 Å². The predicted molar refractivity (Wildman–Crippen MR) is 36.9 cm³/mol. The Morgan fingerprint density at radius 2 is 1.60 bits per heavy atom. The van der Waals surface area contributed by atoms with Crippen LogP contribution in [-0.4, -0.2) is 15.1 Å². The molecule has 1 N–H and O–H groups in total. The van der Waals surface area contributed by atoms with Gasteiger partial charge >= 0.3 is 0 Å². The van der Waals surface area contributed by atoms with Crippen LogP contribution in [0.5, 0.6) is 0 Å². The van der Waals surface area contributed by atoms with Crippen LogP contribution in [0.15, 0.2) is 0 Å². The Labute approximate surface area is 38.1 Å². The molecule has 0 aromatic heterocycles. The van der Waals surface area contributed by atoms with Gasteiger partial charge in [-0.1, -0.05) is 17.2 Å². The van der Waals surface area contributed by atoms with E-state index < -0.39 is 0 Å². The first-order chi connectivity index (χ1) is 2.41. The molecule has 0 aromatic carbocycles. The van der Waals surface area contributed by atoms with E-state index in [4.69, 9.17) is 0 Å². The van der Waals surface area contributed by atoms with Crippen molar-refractivity contribution in [3.8, 4) is 0 Å². The molecular weight excluding hydrogens is 97.6 g/mol. The smallest absolute Gasteiger partial charge is 0.149 e. The largest absolute Gasteiger partial charge is 0.297 e. The van der Waals surface area contributed by atoms with E-state index in [-0.39, 0.29) is 0 Å². The van der Waals surface area contributed by atoms with Crippen LogP contribution in [0, 0.1) is 0 Å². The zero-order valence-corrected chi connectivity index (χ0v) is 5.50. The van der Waals surface area contributed by atoms with Crippen LogP contribution < -0.4 is 4.86 Å². The molecule has 0 saturated heterocycles. The molecule has 0 saturated carbocycles. The van der Waals surface area contributed by atoms with Gasteiger partial charge in [-0.05, 0) is 0 Å². The summed E-state index contributed by atoms with van der Waals surface area (Å²) in [5.74, 6) is 0. The molecule has 0 heterocycles. The fraction of sp³-hybridized carbons (Fsp3) is 0. The molecule has 0 spiro atoms. The fourth-order valence-corrected chi connectivity index (χ4v) is 1.12. The molecule has 5 heteroatoms. The average Bonchev–Trinajstić information content (AvgIpc) is 1.41. The summed E-state index contributed by atoms with van der Waals surface area (Å²) < 4.78 is 0. The number of nitrogens with one attached hydrogen (secondary N) is 1. The standard InChI is InChI=1S/B2H7NP2/c1-4-3-5-2/h3-5H,1-2H2. The Bertz CT molecular complexity index is 15.1. The van der Waals surface area contributed by atoms with Crippen LogP contribution in [0.2, 0.25) is 0 Å². The summed E-state index contributed by atoms with van der Waals surface area (Å²) in [6, 6.07) is 0. The molecule has 0 aromatic rings. The van der Waals surface area contributed by atoms with Gasteiger partial charge < -0.3 is 0 Å². The maximum atomic E-state index is 3.17. The first kappa shape index (κ1) is 5.95. The normalized spacial score (nSPS) is 12.8. The van der Waals surface area contributed by atoms with Crippen molar-refractivity contribution in [3.05, 3.63) is 0 Å². The lowest BCUT2D eigenvalue weighted by Crippen LogP contribution is -1.76. The van der Waals surface area contributed by atoms with E-state index in [9.17, 15) is 0 Å². The molecule has 0 rings (SSSR count). The molecule has 0 aliphatic heterocycles. The summed E-state index contributed by atoms with van der Waals surface area (Å²) in [5.41, 5.74) is 0. The highest BCUT2D eigenvalue weighted by atomic mass is 31.1. The van der Waals surface area contributed by atoms with Gasteiger partial charge in [0.2, 0.25) is 0 Å². The third-order valence-corrected chi connectivity index (χ3v) is 2.25. The van der Waals surface area contributed by atoms with Crippen LogP contribution in [0.1, 0.15) is 0 Å². The molecule has 0 radical (unpaired) electrons. The number of hydrogen-bond donors (Lipinski definition) is 1. The summed E-state index contributed by atoms with van der Waals surface area (Å²) in [6.07, 6.45) is 0. The van der Waals surface area contributed by atoms with Crippen molar-refractivity contribution >= 4 is 32.4 Å². The zero-order chi connectivity index (χ0) is 4.12. The first-order valence-corrected chi connectivity index (χ1v) is 4.50. The second kappa shape index (κ2) is 4.95. The van der Waals surface area contributed by atoms with Crippen molar-refractivity contribution in [2.45, 2.75) is 0 Å². The van der Waals surface area contributed by atoms with Crippen LogP contribution in [0.3, 0.4) is 0 Å². The fourth-order valence-electron chi connectivity index (χ4n) is 0.125. The van der Waals surface area contributed by atoms with Crippen molar-refractivity contribution in [1.29, 1.82) is 0 Å². The average molecular weight is 105 g/mol. The molecular formula is H7B2NP2. The van der Waals surface area contributed by atoms with Crippen molar-refractivity contribution < 1.29 is 0 Å². The first-order valence-electron chi connectivity index (χ1n) is 1.50. The predicted octanol–water partition coefficient (Wildman–Crippen LogP) is -1.14. The summed E-state index contributed by atoms with van der Waals surface area (Å²) in [4.78, 5) is 3.17. The monoisotopic (exact) mass is 105 g/mol. The Balaban J connectivity index is 2.19. The van der Waals surface area contributed by atoms with Gasteiger partial charge in [0.05, 0.1) is 0 Å². The molecule has 28 valence electrons. The second-order valence-electron chi connectivity index (χ2n) is 0.625. The van der Waals surface area contributed by atoms with Gasteiger partial charge in [-0.2, -0.15) is 0 Å². The van der Waals surface area contributed by atoms with E-state index in [1.807, 2.05) is 0 Å². The molecule has 1 nitrogen and oxygen atoms in total. The lowest BCUT2D eigenvalue weighted by molar-refractivity contribution is 1.77. The van der Waals surface area contributed by atoms with Gasteiger partial charge in [-0.15, -0.1) is 0 Å². The molecule has 2 unspecified atom stereocenters. The molecule has 0 aliphatic rings. The van der Waals surface area contributed by atoms with Crippen molar-refractivity contribution in [2.24, 2.45) is 0 Å². The van der Waals surface area contributed by atoms with Crippen molar-refractivity contribution in [2.75, 3.05) is 0 Å². The molecule has 0 aliphatic carbocycles. The van der Waals surface area contributed by atoms with Gasteiger partial charge in [-0.3, -0.25) is 4.86 Å². The minimum Gasteiger partial charge on any atom is -0.297 e. The SMILES string of the molecule is BPNPB. The van der Waals surface area contributed by atoms with Crippen LogP contribution in [0.4, 0.5) is 0 Å². The van der Waals surface area contributed by atoms with Gasteiger partial charge in [0.1, 0.15) is 15.1 Å². The Kier molecular flexibility index (Phi) is 5.89. The Hall–Kier alpha value is 0.950. The maximum absolute atomic E-state index is 3.17. The third kappa shape index (κ3) is 4.95. The van der Waals surface area contributed by atoms with E-state index >= 15 is 0 Å². The van der Waals surface area contributed by atoms with Gasteiger partial charge in [-0.25, -0.2) is 0 Å². The highest BCUT2D eigenvalue weighted by Crippen LogP contribution is 2.02. The lowest BCUT2D eigenvalue weighted by Gasteiger charge is -1.87. The van der Waals surface area contributed by atoms with Gasteiger partial charge in [0, 0.05) is 0 Å². The van der Waals surface area contributed by atoms with Gasteiger partial charge in [0.15, 0.2) is 0 Å². The van der Waals surface area contributed by atoms with E-state index in [2.05, 4.69) is 20.0 Å². The highest BCUT2D eigenvalue weighted by molar-refractivity contribution is 7.77. The summed E-state index contributed by atoms with van der Waals surface area (Å²) >= 11 is 0. The van der Waals surface area contributed by atoms with E-state index in [0.717, 1.165) is 17.2 Å². The minimum atomic E-state index is 0.920. The Morgan fingerprint density at radius 1 is 1.20 bits per heavy atom. The summed E-state index contributed by atoms with van der Waals surface area (Å²) in [6.45, 7) is 0. The van der Waals surface area contributed by atoms with Gasteiger partial charge in [0.25, 0.3) is 0 Å². The van der Waals surface area contributed by atoms with Crippen molar-refractivity contribution in [1.82, 2.24) is 4.86 Å². The van der Waals surface area contributed by atoms with Crippen LogP contribution >= 0.6 is 17.2 Å².